The molecule has 0 unspecified atom stereocenters. The van der Waals surface area contributed by atoms with Crippen molar-refractivity contribution in [2.24, 2.45) is 0 Å². The fraction of sp³-hybridized carbons (Fsp3) is 0.143. The Labute approximate surface area is 167 Å². The van der Waals surface area contributed by atoms with E-state index in [2.05, 4.69) is 15.0 Å². The Kier molecular flexibility index (Phi) is 4.81. The summed E-state index contributed by atoms with van der Waals surface area (Å²) < 4.78 is 53.7. The lowest BCUT2D eigenvalue weighted by Gasteiger charge is -2.11. The zero-order valence-corrected chi connectivity index (χ0v) is 15.6. The van der Waals surface area contributed by atoms with Gasteiger partial charge >= 0.3 is 6.18 Å². The topological polar surface area (TPSA) is 60.7 Å². The molecule has 30 heavy (non-hydrogen) atoms. The molecule has 0 N–H and O–H groups in total. The van der Waals surface area contributed by atoms with Crippen molar-refractivity contribution in [3.05, 3.63) is 76.7 Å². The molecule has 152 valence electrons. The van der Waals surface area contributed by atoms with Crippen LogP contribution in [0.4, 0.5) is 17.6 Å². The molecule has 0 spiro atoms. The van der Waals surface area contributed by atoms with Crippen molar-refractivity contribution < 1.29 is 17.6 Å². The Hall–Kier alpha value is -3.62. The molecule has 5 nitrogen and oxygen atoms in total. The highest BCUT2D eigenvalue weighted by Gasteiger charge is 2.30. The van der Waals surface area contributed by atoms with Crippen LogP contribution in [0.15, 0.2) is 59.8 Å². The van der Waals surface area contributed by atoms with E-state index in [9.17, 15) is 22.4 Å². The highest BCUT2D eigenvalue weighted by atomic mass is 19.4. The minimum Gasteiger partial charge on any atom is -0.299 e. The van der Waals surface area contributed by atoms with Crippen LogP contribution >= 0.6 is 0 Å². The van der Waals surface area contributed by atoms with Crippen LogP contribution in [0.2, 0.25) is 0 Å². The van der Waals surface area contributed by atoms with Crippen molar-refractivity contribution in [2.75, 3.05) is 0 Å². The molecule has 3 aromatic heterocycles. The van der Waals surface area contributed by atoms with Gasteiger partial charge in [0.15, 0.2) is 0 Å². The van der Waals surface area contributed by atoms with E-state index in [1.807, 2.05) is 0 Å². The van der Waals surface area contributed by atoms with Gasteiger partial charge in [-0.15, -0.1) is 0 Å². The molecule has 0 fully saturated rings. The zero-order chi connectivity index (χ0) is 21.5. The molecular weight excluding hydrogens is 400 g/mol. The summed E-state index contributed by atoms with van der Waals surface area (Å²) in [6.07, 6.45) is -2.43. The molecule has 0 saturated carbocycles. The molecule has 0 saturated heterocycles. The molecule has 0 aliphatic carbocycles. The highest BCUT2D eigenvalue weighted by molar-refractivity contribution is 5.93. The maximum Gasteiger partial charge on any atom is 0.417 e. The van der Waals surface area contributed by atoms with E-state index in [0.29, 0.717) is 18.3 Å². The molecule has 3 heterocycles. The highest BCUT2D eigenvalue weighted by Crippen LogP contribution is 2.31. The van der Waals surface area contributed by atoms with Gasteiger partial charge in [0.25, 0.3) is 5.56 Å². The Balaban J connectivity index is 1.99. The van der Waals surface area contributed by atoms with Crippen molar-refractivity contribution >= 4 is 10.9 Å². The van der Waals surface area contributed by atoms with Gasteiger partial charge in [-0.3, -0.25) is 14.3 Å². The van der Waals surface area contributed by atoms with Crippen LogP contribution in [-0.2, 0) is 12.7 Å². The average Bonchev–Trinajstić information content (AvgIpc) is 2.73. The second-order valence-electron chi connectivity index (χ2n) is 6.53. The van der Waals surface area contributed by atoms with Crippen LogP contribution in [0.25, 0.3) is 33.5 Å². The monoisotopic (exact) mass is 414 g/mol. The van der Waals surface area contributed by atoms with Crippen molar-refractivity contribution in [3.63, 3.8) is 0 Å². The van der Waals surface area contributed by atoms with Gasteiger partial charge in [0.05, 0.1) is 34.4 Å². The predicted molar refractivity (Wildman–Crippen MR) is 103 cm³/mol. The molecule has 0 bridgehead atoms. The Morgan fingerprint density at radius 2 is 1.83 bits per heavy atom. The van der Waals surface area contributed by atoms with Gasteiger partial charge in [0, 0.05) is 18.3 Å². The summed E-state index contributed by atoms with van der Waals surface area (Å²) in [4.78, 5) is 25.5. The lowest BCUT2D eigenvalue weighted by molar-refractivity contribution is -0.137. The van der Waals surface area contributed by atoms with E-state index < -0.39 is 17.6 Å². The van der Waals surface area contributed by atoms with Gasteiger partial charge in [0.1, 0.15) is 11.3 Å². The third-order valence-corrected chi connectivity index (χ3v) is 4.60. The largest absolute Gasteiger partial charge is 0.417 e. The number of nitrogens with zero attached hydrogens (tertiary/aromatic N) is 4. The fourth-order valence-electron chi connectivity index (χ4n) is 3.07. The number of hydrogen-bond acceptors (Lipinski definition) is 4. The maximum atomic E-state index is 13.8. The lowest BCUT2D eigenvalue weighted by Crippen LogP contribution is -2.20. The zero-order valence-electron chi connectivity index (χ0n) is 15.6. The van der Waals surface area contributed by atoms with E-state index in [1.54, 1.807) is 13.0 Å². The first kappa shape index (κ1) is 19.7. The van der Waals surface area contributed by atoms with Gasteiger partial charge in [0.2, 0.25) is 0 Å². The van der Waals surface area contributed by atoms with Crippen LogP contribution < -0.4 is 5.56 Å². The normalized spacial score (nSPS) is 11.8. The van der Waals surface area contributed by atoms with Crippen LogP contribution in [0.1, 0.15) is 12.5 Å². The molecule has 9 heteroatoms. The standard InChI is InChI=1S/C21H14F4N4O/c1-2-29-11-27-19-15(20(29)30)9-17(16-7-6-13(10-26-16)21(23,24)25)28-18(19)12-4-3-5-14(22)8-12/h3-11H,2H2,1H3. The predicted octanol–water partition coefficient (Wildman–Crippen LogP) is 4.70. The molecule has 1 aromatic carbocycles. The third kappa shape index (κ3) is 3.54. The molecule has 0 radical (unpaired) electrons. The molecule has 0 aliphatic heterocycles. The number of hydrogen-bond donors (Lipinski definition) is 0. The number of fused-ring (bicyclic) bond motifs is 1. The summed E-state index contributed by atoms with van der Waals surface area (Å²) in [5, 5.41) is 0.213. The van der Waals surface area contributed by atoms with Crippen LogP contribution in [0.3, 0.4) is 0 Å². The second kappa shape index (κ2) is 7.33. The number of halogens is 4. The number of rotatable bonds is 3. The van der Waals surface area contributed by atoms with E-state index in [-0.39, 0.29) is 33.5 Å². The first-order valence-corrected chi connectivity index (χ1v) is 8.97. The van der Waals surface area contributed by atoms with Crippen molar-refractivity contribution in [1.29, 1.82) is 0 Å². The quantitative estimate of drug-likeness (QED) is 0.456. The SMILES string of the molecule is CCn1cnc2c(-c3cccc(F)c3)nc(-c3ccc(C(F)(F)F)cn3)cc2c1=O. The summed E-state index contributed by atoms with van der Waals surface area (Å²) in [6.45, 7) is 2.16. The third-order valence-electron chi connectivity index (χ3n) is 4.60. The summed E-state index contributed by atoms with van der Waals surface area (Å²) >= 11 is 0. The van der Waals surface area contributed by atoms with Crippen LogP contribution in [0.5, 0.6) is 0 Å². The first-order valence-electron chi connectivity index (χ1n) is 8.97. The summed E-state index contributed by atoms with van der Waals surface area (Å²) in [7, 11) is 0. The smallest absolute Gasteiger partial charge is 0.299 e. The minimum absolute atomic E-state index is 0.147. The number of benzene rings is 1. The maximum absolute atomic E-state index is 13.8. The van der Waals surface area contributed by atoms with Crippen LogP contribution in [-0.4, -0.2) is 19.5 Å². The van der Waals surface area contributed by atoms with E-state index in [1.165, 1.54) is 41.2 Å². The van der Waals surface area contributed by atoms with Gasteiger partial charge in [-0.25, -0.2) is 14.4 Å². The second-order valence-corrected chi connectivity index (χ2v) is 6.53. The molecular formula is C21H14F4N4O. The fourth-order valence-corrected chi connectivity index (χ4v) is 3.07. The number of pyridine rings is 2. The number of aryl methyl sites for hydroxylation is 1. The molecule has 0 atom stereocenters. The van der Waals surface area contributed by atoms with Crippen LogP contribution in [0, 0.1) is 5.82 Å². The van der Waals surface area contributed by atoms with E-state index >= 15 is 0 Å². The van der Waals surface area contributed by atoms with E-state index in [0.717, 1.165) is 6.07 Å². The van der Waals surface area contributed by atoms with Gasteiger partial charge < -0.3 is 0 Å². The van der Waals surface area contributed by atoms with Crippen molar-refractivity contribution in [2.45, 2.75) is 19.6 Å². The molecule has 0 aliphatic rings. The lowest BCUT2D eigenvalue weighted by atomic mass is 10.1. The summed E-state index contributed by atoms with van der Waals surface area (Å²) in [6, 6.07) is 9.14. The molecule has 4 aromatic rings. The van der Waals surface area contributed by atoms with Crippen molar-refractivity contribution in [1.82, 2.24) is 19.5 Å². The Bertz CT molecular complexity index is 1300. The summed E-state index contributed by atoms with van der Waals surface area (Å²) in [5.74, 6) is -0.498. The van der Waals surface area contributed by atoms with Crippen molar-refractivity contribution in [3.8, 4) is 22.6 Å². The first-order chi connectivity index (χ1) is 14.3. The molecule has 4 rings (SSSR count). The summed E-state index contributed by atoms with van der Waals surface area (Å²) in [5.41, 5.74) is -0.00914. The van der Waals surface area contributed by atoms with Gasteiger partial charge in [-0.05, 0) is 37.3 Å². The number of aromatic nitrogens is 4. The van der Waals surface area contributed by atoms with Gasteiger partial charge in [-0.1, -0.05) is 12.1 Å². The van der Waals surface area contributed by atoms with Gasteiger partial charge in [-0.2, -0.15) is 13.2 Å². The van der Waals surface area contributed by atoms with E-state index in [4.69, 9.17) is 0 Å². The average molecular weight is 414 g/mol. The Morgan fingerprint density at radius 1 is 1.03 bits per heavy atom. The number of alkyl halides is 3. The Morgan fingerprint density at radius 3 is 2.47 bits per heavy atom. The minimum atomic E-state index is -4.52. The molecule has 0 amide bonds.